The number of hydrogen-bond acceptors (Lipinski definition) is 4. The predicted octanol–water partition coefficient (Wildman–Crippen LogP) is 5.12. The summed E-state index contributed by atoms with van der Waals surface area (Å²) in [6.07, 6.45) is 2.41. The molecule has 1 aromatic heterocycles. The average Bonchev–Trinajstić information content (AvgIpc) is 3.65. The lowest BCUT2D eigenvalue weighted by Crippen LogP contribution is -2.26. The molecule has 1 aliphatic carbocycles. The largest absolute Gasteiger partial charge is 0.326 e. The number of rotatable bonds is 9. The minimum Gasteiger partial charge on any atom is -0.326 e. The van der Waals surface area contributed by atoms with Crippen LogP contribution in [0.1, 0.15) is 51.8 Å². The summed E-state index contributed by atoms with van der Waals surface area (Å²) in [7, 11) is 0. The molecule has 0 bridgehead atoms. The fourth-order valence-corrected chi connectivity index (χ4v) is 4.39. The van der Waals surface area contributed by atoms with Gasteiger partial charge in [-0.05, 0) is 67.6 Å². The number of amides is 1. The molecule has 0 aliphatic heterocycles. The van der Waals surface area contributed by atoms with Crippen LogP contribution in [0.3, 0.4) is 0 Å². The van der Waals surface area contributed by atoms with Crippen LogP contribution in [0.5, 0.6) is 0 Å². The zero-order chi connectivity index (χ0) is 25.1. The molecule has 6 nitrogen and oxygen atoms in total. The Hall–Kier alpha value is -3.81. The molecule has 1 fully saturated rings. The third-order valence-corrected chi connectivity index (χ3v) is 6.48. The van der Waals surface area contributed by atoms with E-state index in [0.717, 1.165) is 23.4 Å². The van der Waals surface area contributed by atoms with Crippen molar-refractivity contribution in [1.29, 1.82) is 0 Å². The van der Waals surface area contributed by atoms with Crippen molar-refractivity contribution in [3.05, 3.63) is 113 Å². The molecule has 3 aromatic carbocycles. The van der Waals surface area contributed by atoms with Crippen LogP contribution < -0.4 is 16.4 Å². The van der Waals surface area contributed by atoms with E-state index in [1.807, 2.05) is 61.5 Å². The standard InChI is InChI=1S/C29H30FN5O/c1-19-15-26(35(34-19)23-10-5-7-21(16-23)17-31)29(36)33-25-12-6-11-24(27(25)30)28(32-18-20-13-14-20)22-8-3-2-4-9-22/h2-12,15-16,20,28,32H,13-14,17-18,31H2,1H3,(H,33,36). The lowest BCUT2D eigenvalue weighted by atomic mass is 9.97. The van der Waals surface area contributed by atoms with Crippen molar-refractivity contribution >= 4 is 11.6 Å². The summed E-state index contributed by atoms with van der Waals surface area (Å²) in [6.45, 7) is 3.03. The Morgan fingerprint density at radius 2 is 1.86 bits per heavy atom. The van der Waals surface area contributed by atoms with Crippen LogP contribution in [0.2, 0.25) is 0 Å². The zero-order valence-corrected chi connectivity index (χ0v) is 20.2. The van der Waals surface area contributed by atoms with E-state index in [1.165, 1.54) is 12.8 Å². The van der Waals surface area contributed by atoms with Gasteiger partial charge < -0.3 is 16.4 Å². The summed E-state index contributed by atoms with van der Waals surface area (Å²) in [5, 5.41) is 10.8. The number of nitrogens with zero attached hydrogens (tertiary/aromatic N) is 2. The Morgan fingerprint density at radius 3 is 2.61 bits per heavy atom. The number of nitrogens with two attached hydrogens (primary N) is 1. The Bertz CT molecular complexity index is 1360. The number of benzene rings is 3. The molecule has 5 rings (SSSR count). The molecule has 1 saturated carbocycles. The summed E-state index contributed by atoms with van der Waals surface area (Å²) in [5.41, 5.74) is 10.0. The number of aromatic nitrogens is 2. The third kappa shape index (κ3) is 5.22. The van der Waals surface area contributed by atoms with Crippen molar-refractivity contribution < 1.29 is 9.18 Å². The topological polar surface area (TPSA) is 85.0 Å². The van der Waals surface area contributed by atoms with Crippen molar-refractivity contribution in [2.45, 2.75) is 32.4 Å². The number of halogens is 1. The van der Waals surface area contributed by atoms with E-state index in [9.17, 15) is 4.79 Å². The van der Waals surface area contributed by atoms with Crippen LogP contribution in [0.15, 0.2) is 78.9 Å². The smallest absolute Gasteiger partial charge is 0.274 e. The Balaban J connectivity index is 1.44. The fourth-order valence-electron chi connectivity index (χ4n) is 4.39. The van der Waals surface area contributed by atoms with Gasteiger partial charge in [-0.25, -0.2) is 9.07 Å². The van der Waals surface area contributed by atoms with E-state index >= 15 is 4.39 Å². The van der Waals surface area contributed by atoms with Gasteiger partial charge in [-0.2, -0.15) is 5.10 Å². The summed E-state index contributed by atoms with van der Waals surface area (Å²) >= 11 is 0. The van der Waals surface area contributed by atoms with Gasteiger partial charge >= 0.3 is 0 Å². The molecule has 4 N–H and O–H groups in total. The maximum Gasteiger partial charge on any atom is 0.274 e. The second-order valence-electron chi connectivity index (χ2n) is 9.32. The van der Waals surface area contributed by atoms with Gasteiger partial charge in [0.2, 0.25) is 0 Å². The number of carbonyl (C=O) groups excluding carboxylic acids is 1. The quantitative estimate of drug-likeness (QED) is 0.309. The maximum absolute atomic E-state index is 15.9. The normalized spacial score (nSPS) is 14.0. The van der Waals surface area contributed by atoms with Gasteiger partial charge in [0.25, 0.3) is 5.91 Å². The zero-order valence-electron chi connectivity index (χ0n) is 20.2. The van der Waals surface area contributed by atoms with Gasteiger partial charge in [0.1, 0.15) is 5.69 Å². The molecule has 1 amide bonds. The minimum atomic E-state index is -0.448. The van der Waals surface area contributed by atoms with Gasteiger partial charge in [-0.3, -0.25) is 4.79 Å². The third-order valence-electron chi connectivity index (χ3n) is 6.48. The summed E-state index contributed by atoms with van der Waals surface area (Å²) in [4.78, 5) is 13.3. The second-order valence-corrected chi connectivity index (χ2v) is 9.32. The van der Waals surface area contributed by atoms with Crippen molar-refractivity contribution in [2.75, 3.05) is 11.9 Å². The first kappa shape index (κ1) is 23.9. The summed E-state index contributed by atoms with van der Waals surface area (Å²) in [5.74, 6) is -0.244. The van der Waals surface area contributed by atoms with Crippen LogP contribution in [-0.2, 0) is 6.54 Å². The molecule has 1 aliphatic rings. The lowest BCUT2D eigenvalue weighted by molar-refractivity contribution is 0.101. The average molecular weight is 484 g/mol. The number of nitrogens with one attached hydrogen (secondary N) is 2. The van der Waals surface area contributed by atoms with Gasteiger partial charge in [0, 0.05) is 12.1 Å². The van der Waals surface area contributed by atoms with E-state index in [0.29, 0.717) is 29.4 Å². The molecule has 0 saturated heterocycles. The summed E-state index contributed by atoms with van der Waals surface area (Å²) < 4.78 is 17.4. The molecule has 1 unspecified atom stereocenters. The van der Waals surface area contributed by atoms with Gasteiger partial charge in [0.15, 0.2) is 5.82 Å². The molecule has 1 heterocycles. The maximum atomic E-state index is 15.9. The first-order valence-corrected chi connectivity index (χ1v) is 12.3. The number of carbonyl (C=O) groups is 1. The number of anilines is 1. The molecule has 0 spiro atoms. The predicted molar refractivity (Wildman–Crippen MR) is 140 cm³/mol. The van der Waals surface area contributed by atoms with E-state index in [-0.39, 0.29) is 11.7 Å². The molecular formula is C29H30FN5O. The van der Waals surface area contributed by atoms with Crippen molar-refractivity contribution in [2.24, 2.45) is 11.7 Å². The lowest BCUT2D eigenvalue weighted by Gasteiger charge is -2.21. The number of aryl methyl sites for hydroxylation is 1. The molecule has 1 atom stereocenters. The molecule has 0 radical (unpaired) electrons. The van der Waals surface area contributed by atoms with Crippen LogP contribution in [0, 0.1) is 18.7 Å². The van der Waals surface area contributed by atoms with Crippen LogP contribution in [0.25, 0.3) is 5.69 Å². The van der Waals surface area contributed by atoms with Gasteiger partial charge in [0.05, 0.1) is 23.1 Å². The highest BCUT2D eigenvalue weighted by Crippen LogP contribution is 2.32. The second kappa shape index (κ2) is 10.4. The van der Waals surface area contributed by atoms with Crippen molar-refractivity contribution in [3.8, 4) is 5.69 Å². The highest BCUT2D eigenvalue weighted by Gasteiger charge is 2.26. The minimum absolute atomic E-state index is 0.132. The van der Waals surface area contributed by atoms with Crippen LogP contribution in [-0.4, -0.2) is 22.2 Å². The van der Waals surface area contributed by atoms with Gasteiger partial charge in [-0.15, -0.1) is 0 Å². The SMILES string of the molecule is Cc1cc(C(=O)Nc2cccc(C(NCC3CC3)c3ccccc3)c2F)n(-c2cccc(CN)c2)n1. The Labute approximate surface area is 210 Å². The van der Waals surface area contributed by atoms with E-state index in [1.54, 1.807) is 28.9 Å². The van der Waals surface area contributed by atoms with Crippen molar-refractivity contribution in [3.63, 3.8) is 0 Å². The summed E-state index contributed by atoms with van der Waals surface area (Å²) in [6, 6.07) is 23.9. The van der Waals surface area contributed by atoms with Gasteiger partial charge in [-0.1, -0.05) is 54.6 Å². The molecule has 7 heteroatoms. The Kier molecular flexibility index (Phi) is 6.93. The van der Waals surface area contributed by atoms with Crippen LogP contribution in [0.4, 0.5) is 10.1 Å². The van der Waals surface area contributed by atoms with Crippen molar-refractivity contribution in [1.82, 2.24) is 15.1 Å². The molecule has 4 aromatic rings. The van der Waals surface area contributed by atoms with E-state index in [2.05, 4.69) is 15.7 Å². The monoisotopic (exact) mass is 483 g/mol. The number of hydrogen-bond donors (Lipinski definition) is 3. The highest BCUT2D eigenvalue weighted by molar-refractivity contribution is 6.03. The first-order chi connectivity index (χ1) is 17.5. The van der Waals surface area contributed by atoms with Crippen LogP contribution >= 0.6 is 0 Å². The fraction of sp³-hybridized carbons (Fsp3) is 0.241. The molecular weight excluding hydrogens is 453 g/mol. The Morgan fingerprint density at radius 1 is 1.08 bits per heavy atom. The van der Waals surface area contributed by atoms with E-state index in [4.69, 9.17) is 5.73 Å². The molecule has 36 heavy (non-hydrogen) atoms. The van der Waals surface area contributed by atoms with E-state index < -0.39 is 11.7 Å². The first-order valence-electron chi connectivity index (χ1n) is 12.3. The highest BCUT2D eigenvalue weighted by atomic mass is 19.1. The molecule has 184 valence electrons.